The molecule has 0 atom stereocenters. The molecule has 1 aliphatic heterocycles. The Morgan fingerprint density at radius 2 is 2.04 bits per heavy atom. The van der Waals surface area contributed by atoms with E-state index in [0.29, 0.717) is 53.4 Å². The highest BCUT2D eigenvalue weighted by molar-refractivity contribution is 7.20. The Morgan fingerprint density at radius 1 is 1.32 bits per heavy atom. The summed E-state index contributed by atoms with van der Waals surface area (Å²) >= 11 is 1.28. The van der Waals surface area contributed by atoms with Gasteiger partial charge in [0.15, 0.2) is 0 Å². The Bertz CT molecular complexity index is 849. The zero-order chi connectivity index (χ0) is 18.0. The first-order chi connectivity index (χ1) is 12.1. The molecule has 3 rings (SSSR count). The van der Waals surface area contributed by atoms with Crippen LogP contribution in [0.5, 0.6) is 0 Å². The van der Waals surface area contributed by atoms with E-state index in [0.717, 1.165) is 19.3 Å². The van der Waals surface area contributed by atoms with Crippen LogP contribution in [0.4, 0.5) is 0 Å². The molecular weight excluding hydrogens is 340 g/mol. The highest BCUT2D eigenvalue weighted by Gasteiger charge is 2.26. The van der Waals surface area contributed by atoms with E-state index in [4.69, 9.17) is 0 Å². The summed E-state index contributed by atoms with van der Waals surface area (Å²) in [4.78, 5) is 45.3. The third kappa shape index (κ3) is 3.30. The molecule has 3 heterocycles. The minimum absolute atomic E-state index is 0.0722. The molecule has 2 amide bonds. The van der Waals surface area contributed by atoms with Crippen molar-refractivity contribution < 1.29 is 9.59 Å². The first kappa shape index (κ1) is 17.6. The molecule has 0 aliphatic carbocycles. The maximum absolute atomic E-state index is 12.8. The number of unbranched alkanes of at least 4 members (excludes halogenated alkanes) is 1. The molecule has 0 radical (unpaired) electrons. The maximum Gasteiger partial charge on any atom is 0.264 e. The number of thiophene rings is 1. The lowest BCUT2D eigenvalue weighted by Crippen LogP contribution is -2.48. The SMILES string of the molecule is CCCCn1cnc2sc(C(=O)N3CCN(C=O)CC3)c(C)c2c1=O. The molecule has 7 nitrogen and oxygen atoms in total. The van der Waals surface area contributed by atoms with E-state index in [1.54, 1.807) is 20.7 Å². The minimum Gasteiger partial charge on any atom is -0.342 e. The van der Waals surface area contributed by atoms with E-state index < -0.39 is 0 Å². The Kier molecular flexibility index (Phi) is 5.17. The van der Waals surface area contributed by atoms with Crippen LogP contribution in [0.15, 0.2) is 11.1 Å². The molecule has 0 aromatic carbocycles. The van der Waals surface area contributed by atoms with E-state index in [-0.39, 0.29) is 11.5 Å². The van der Waals surface area contributed by atoms with E-state index in [2.05, 4.69) is 11.9 Å². The molecule has 0 N–H and O–H groups in total. The Morgan fingerprint density at radius 3 is 2.68 bits per heavy atom. The van der Waals surface area contributed by atoms with E-state index in [1.807, 2.05) is 6.92 Å². The van der Waals surface area contributed by atoms with Gasteiger partial charge >= 0.3 is 0 Å². The van der Waals surface area contributed by atoms with Crippen molar-refractivity contribution in [3.05, 3.63) is 27.1 Å². The highest BCUT2D eigenvalue weighted by atomic mass is 32.1. The summed E-state index contributed by atoms with van der Waals surface area (Å²) in [6, 6.07) is 0. The van der Waals surface area contributed by atoms with Gasteiger partial charge in [-0.3, -0.25) is 19.0 Å². The van der Waals surface area contributed by atoms with Crippen LogP contribution in [0.1, 0.15) is 35.0 Å². The fourth-order valence-corrected chi connectivity index (χ4v) is 4.13. The number of amides is 2. The van der Waals surface area contributed by atoms with Crippen molar-refractivity contribution in [3.8, 4) is 0 Å². The third-order valence-electron chi connectivity index (χ3n) is 4.61. The van der Waals surface area contributed by atoms with Gasteiger partial charge in [0.05, 0.1) is 16.6 Å². The molecule has 1 fully saturated rings. The van der Waals surface area contributed by atoms with Gasteiger partial charge in [0.1, 0.15) is 4.83 Å². The van der Waals surface area contributed by atoms with Crippen LogP contribution in [0.3, 0.4) is 0 Å². The molecule has 0 unspecified atom stereocenters. The summed E-state index contributed by atoms with van der Waals surface area (Å²) in [6.07, 6.45) is 4.31. The number of aryl methyl sites for hydroxylation is 2. The molecular formula is C17H22N4O3S. The zero-order valence-corrected chi connectivity index (χ0v) is 15.3. The van der Waals surface area contributed by atoms with Crippen LogP contribution in [0.25, 0.3) is 10.2 Å². The Labute approximate surface area is 149 Å². The number of fused-ring (bicyclic) bond motifs is 1. The van der Waals surface area contributed by atoms with Crippen LogP contribution in [-0.2, 0) is 11.3 Å². The lowest BCUT2D eigenvalue weighted by Gasteiger charge is -2.32. The number of hydrogen-bond donors (Lipinski definition) is 0. The smallest absolute Gasteiger partial charge is 0.264 e. The van der Waals surface area contributed by atoms with Crippen molar-refractivity contribution in [2.45, 2.75) is 33.2 Å². The minimum atomic E-state index is -0.0782. The summed E-state index contributed by atoms with van der Waals surface area (Å²) in [5.74, 6) is -0.0782. The van der Waals surface area contributed by atoms with E-state index >= 15 is 0 Å². The van der Waals surface area contributed by atoms with Crippen molar-refractivity contribution in [1.29, 1.82) is 0 Å². The number of hydrogen-bond acceptors (Lipinski definition) is 5. The number of carbonyl (C=O) groups excluding carboxylic acids is 2. The number of piperazine rings is 1. The van der Waals surface area contributed by atoms with Gasteiger partial charge in [0.2, 0.25) is 6.41 Å². The predicted molar refractivity (Wildman–Crippen MR) is 97.1 cm³/mol. The first-order valence-corrected chi connectivity index (χ1v) is 9.35. The summed E-state index contributed by atoms with van der Waals surface area (Å²) < 4.78 is 1.63. The molecule has 8 heteroatoms. The van der Waals surface area contributed by atoms with Crippen molar-refractivity contribution in [1.82, 2.24) is 19.4 Å². The lowest BCUT2D eigenvalue weighted by molar-refractivity contribution is -0.119. The fourth-order valence-electron chi connectivity index (χ4n) is 3.02. The van der Waals surface area contributed by atoms with Crippen LogP contribution >= 0.6 is 11.3 Å². The quantitative estimate of drug-likeness (QED) is 0.755. The summed E-state index contributed by atoms with van der Waals surface area (Å²) in [6.45, 7) is 6.65. The van der Waals surface area contributed by atoms with Gasteiger partial charge < -0.3 is 9.80 Å². The van der Waals surface area contributed by atoms with Gasteiger partial charge in [0, 0.05) is 32.7 Å². The van der Waals surface area contributed by atoms with Gasteiger partial charge in [-0.1, -0.05) is 13.3 Å². The molecule has 0 spiro atoms. The normalized spacial score (nSPS) is 15.0. The summed E-state index contributed by atoms with van der Waals surface area (Å²) in [7, 11) is 0. The summed E-state index contributed by atoms with van der Waals surface area (Å²) in [5.41, 5.74) is 0.642. The van der Waals surface area contributed by atoms with Crippen LogP contribution < -0.4 is 5.56 Å². The second-order valence-electron chi connectivity index (χ2n) is 6.27. The monoisotopic (exact) mass is 362 g/mol. The molecule has 1 aliphatic rings. The zero-order valence-electron chi connectivity index (χ0n) is 14.5. The highest BCUT2D eigenvalue weighted by Crippen LogP contribution is 2.28. The van der Waals surface area contributed by atoms with Gasteiger partial charge in [-0.15, -0.1) is 11.3 Å². The molecule has 2 aromatic heterocycles. The van der Waals surface area contributed by atoms with Gasteiger partial charge in [-0.25, -0.2) is 4.98 Å². The molecule has 2 aromatic rings. The van der Waals surface area contributed by atoms with Crippen molar-refractivity contribution in [2.75, 3.05) is 26.2 Å². The van der Waals surface area contributed by atoms with Crippen molar-refractivity contribution >= 4 is 33.9 Å². The molecule has 25 heavy (non-hydrogen) atoms. The molecule has 1 saturated heterocycles. The number of carbonyl (C=O) groups is 2. The molecule has 0 bridgehead atoms. The van der Waals surface area contributed by atoms with Crippen molar-refractivity contribution in [2.24, 2.45) is 0 Å². The average molecular weight is 362 g/mol. The topological polar surface area (TPSA) is 75.5 Å². The van der Waals surface area contributed by atoms with Crippen LogP contribution in [0, 0.1) is 6.92 Å². The van der Waals surface area contributed by atoms with Gasteiger partial charge in [-0.05, 0) is 18.9 Å². The largest absolute Gasteiger partial charge is 0.342 e. The molecule has 134 valence electrons. The Balaban J connectivity index is 1.91. The van der Waals surface area contributed by atoms with Crippen LogP contribution in [-0.4, -0.2) is 57.8 Å². The molecule has 0 saturated carbocycles. The van der Waals surface area contributed by atoms with Gasteiger partial charge in [-0.2, -0.15) is 0 Å². The summed E-state index contributed by atoms with van der Waals surface area (Å²) in [5, 5.41) is 0.554. The van der Waals surface area contributed by atoms with Crippen molar-refractivity contribution in [3.63, 3.8) is 0 Å². The first-order valence-electron chi connectivity index (χ1n) is 8.54. The maximum atomic E-state index is 12.8. The second kappa shape index (κ2) is 7.35. The number of nitrogens with zero attached hydrogens (tertiary/aromatic N) is 4. The number of aromatic nitrogens is 2. The third-order valence-corrected chi connectivity index (χ3v) is 5.80. The number of rotatable bonds is 5. The second-order valence-corrected chi connectivity index (χ2v) is 7.27. The van der Waals surface area contributed by atoms with Gasteiger partial charge in [0.25, 0.3) is 11.5 Å². The fraction of sp³-hybridized carbons (Fsp3) is 0.529. The lowest BCUT2D eigenvalue weighted by atomic mass is 10.2. The average Bonchev–Trinajstić information content (AvgIpc) is 2.98. The Hall–Kier alpha value is -2.22. The predicted octanol–water partition coefficient (Wildman–Crippen LogP) is 1.48. The van der Waals surface area contributed by atoms with E-state index in [9.17, 15) is 14.4 Å². The van der Waals surface area contributed by atoms with Crippen LogP contribution in [0.2, 0.25) is 0 Å². The van der Waals surface area contributed by atoms with E-state index in [1.165, 1.54) is 11.3 Å². The standard InChI is InChI=1S/C17H22N4O3S/c1-3-4-5-21-10-18-15-13(16(21)23)12(2)14(25-15)17(24)20-8-6-19(11-22)7-9-20/h10-11H,3-9H2,1-2H3.